The Bertz CT molecular complexity index is 604. The van der Waals surface area contributed by atoms with Gasteiger partial charge in [-0.3, -0.25) is 19.8 Å². The number of urea groups is 1. The van der Waals surface area contributed by atoms with Crippen LogP contribution < -0.4 is 5.32 Å². The Morgan fingerprint density at radius 2 is 2.00 bits per heavy atom. The number of barbiturate groups is 1. The second kappa shape index (κ2) is 5.22. The number of rotatable bonds is 2. The normalized spacial score (nSPS) is 21.8. The molecule has 3 rings (SSSR count). The number of nitrogens with one attached hydrogen (secondary N) is 1. The van der Waals surface area contributed by atoms with Crippen LogP contribution in [-0.4, -0.2) is 27.7 Å². The van der Waals surface area contributed by atoms with E-state index >= 15 is 0 Å². The van der Waals surface area contributed by atoms with Gasteiger partial charge in [-0.1, -0.05) is 19.3 Å². The number of carbonyl (C=O) groups excluding carboxylic acids is 3. The molecular formula is C14H17N3O3S. The maximum absolute atomic E-state index is 12.8. The van der Waals surface area contributed by atoms with Gasteiger partial charge >= 0.3 is 6.03 Å². The molecule has 0 atom stereocenters. The molecule has 0 bridgehead atoms. The summed E-state index contributed by atoms with van der Waals surface area (Å²) in [4.78, 5) is 43.3. The van der Waals surface area contributed by atoms with E-state index in [2.05, 4.69) is 10.3 Å². The zero-order valence-electron chi connectivity index (χ0n) is 11.8. The molecule has 1 aliphatic carbocycles. The van der Waals surface area contributed by atoms with Gasteiger partial charge in [0.15, 0.2) is 0 Å². The summed E-state index contributed by atoms with van der Waals surface area (Å²) in [5.41, 5.74) is -1.04. The summed E-state index contributed by atoms with van der Waals surface area (Å²) in [6, 6.07) is -0.631. The van der Waals surface area contributed by atoms with Crippen LogP contribution in [0.15, 0.2) is 6.20 Å². The van der Waals surface area contributed by atoms with E-state index in [1.165, 1.54) is 11.3 Å². The third-order valence-corrected chi connectivity index (χ3v) is 5.12. The fraction of sp³-hybridized carbons (Fsp3) is 0.571. The van der Waals surface area contributed by atoms with Crippen molar-refractivity contribution in [3.8, 4) is 0 Å². The van der Waals surface area contributed by atoms with Crippen molar-refractivity contribution in [3.05, 3.63) is 16.1 Å². The van der Waals surface area contributed by atoms with E-state index in [9.17, 15) is 14.4 Å². The van der Waals surface area contributed by atoms with E-state index in [1.54, 1.807) is 6.20 Å². The lowest BCUT2D eigenvalue weighted by Crippen LogP contribution is -2.63. The number of hydrogen-bond donors (Lipinski definition) is 1. The van der Waals surface area contributed by atoms with Crippen LogP contribution in [0.3, 0.4) is 0 Å². The Morgan fingerprint density at radius 1 is 1.29 bits per heavy atom. The van der Waals surface area contributed by atoms with Gasteiger partial charge in [-0.2, -0.15) is 0 Å². The van der Waals surface area contributed by atoms with Gasteiger partial charge in [0.2, 0.25) is 11.8 Å². The van der Waals surface area contributed by atoms with Gasteiger partial charge in [-0.05, 0) is 19.8 Å². The molecule has 1 aromatic heterocycles. The quantitative estimate of drug-likeness (QED) is 0.847. The van der Waals surface area contributed by atoms with Gasteiger partial charge in [0, 0.05) is 11.1 Å². The van der Waals surface area contributed by atoms with Gasteiger partial charge in [-0.15, -0.1) is 11.3 Å². The Kier molecular flexibility index (Phi) is 3.52. The minimum Gasteiger partial charge on any atom is -0.277 e. The molecule has 1 aliphatic heterocycles. The highest BCUT2D eigenvalue weighted by atomic mass is 32.1. The molecule has 2 aliphatic rings. The Morgan fingerprint density at radius 3 is 2.62 bits per heavy atom. The van der Waals surface area contributed by atoms with E-state index < -0.39 is 17.4 Å². The minimum atomic E-state index is -1.04. The van der Waals surface area contributed by atoms with Gasteiger partial charge < -0.3 is 0 Å². The maximum Gasteiger partial charge on any atom is 0.331 e. The molecule has 6 nitrogen and oxygen atoms in total. The number of aromatic nitrogens is 1. The third kappa shape index (κ3) is 2.35. The van der Waals surface area contributed by atoms with E-state index in [0.29, 0.717) is 17.8 Å². The maximum atomic E-state index is 12.8. The largest absolute Gasteiger partial charge is 0.331 e. The highest BCUT2D eigenvalue weighted by molar-refractivity contribution is 7.11. The van der Waals surface area contributed by atoms with Crippen molar-refractivity contribution in [1.82, 2.24) is 15.2 Å². The molecule has 1 saturated carbocycles. The van der Waals surface area contributed by atoms with Crippen molar-refractivity contribution >= 4 is 29.2 Å². The predicted octanol–water partition coefficient (Wildman–Crippen LogP) is 1.98. The zero-order valence-corrected chi connectivity index (χ0v) is 12.7. The third-order valence-electron chi connectivity index (χ3n) is 4.22. The number of carbonyl (C=O) groups is 3. The fourth-order valence-corrected chi connectivity index (χ4v) is 3.86. The van der Waals surface area contributed by atoms with E-state index in [0.717, 1.165) is 29.0 Å². The average Bonchev–Trinajstić information content (AvgIpc) is 2.88. The number of nitrogens with zero attached hydrogens (tertiary/aromatic N) is 2. The van der Waals surface area contributed by atoms with Crippen molar-refractivity contribution in [2.75, 3.05) is 0 Å². The molecule has 21 heavy (non-hydrogen) atoms. The van der Waals surface area contributed by atoms with Crippen LogP contribution in [0.25, 0.3) is 0 Å². The van der Waals surface area contributed by atoms with Gasteiger partial charge in [-0.25, -0.2) is 9.78 Å². The van der Waals surface area contributed by atoms with Crippen molar-refractivity contribution in [1.29, 1.82) is 0 Å². The molecule has 0 radical (unpaired) electrons. The second-order valence-electron chi connectivity index (χ2n) is 5.66. The number of hydrogen-bond acceptors (Lipinski definition) is 5. The van der Waals surface area contributed by atoms with Gasteiger partial charge in [0.25, 0.3) is 0 Å². The molecule has 112 valence electrons. The van der Waals surface area contributed by atoms with Crippen molar-refractivity contribution in [2.24, 2.45) is 5.41 Å². The SMILES string of the molecule is Cc1cnc(CN2C(=O)NC(=O)C3(CCCCC3)C2=O)s1. The van der Waals surface area contributed by atoms with Crippen molar-refractivity contribution in [3.63, 3.8) is 0 Å². The predicted molar refractivity (Wildman–Crippen MR) is 76.5 cm³/mol. The topological polar surface area (TPSA) is 79.4 Å². The van der Waals surface area contributed by atoms with Gasteiger partial charge in [0.1, 0.15) is 10.4 Å². The van der Waals surface area contributed by atoms with E-state index in [1.807, 2.05) is 6.92 Å². The smallest absolute Gasteiger partial charge is 0.277 e. The highest BCUT2D eigenvalue weighted by Crippen LogP contribution is 2.40. The summed E-state index contributed by atoms with van der Waals surface area (Å²) in [5.74, 6) is -0.785. The van der Waals surface area contributed by atoms with Crippen LogP contribution in [0.4, 0.5) is 4.79 Å². The van der Waals surface area contributed by atoms with Crippen molar-refractivity contribution < 1.29 is 14.4 Å². The van der Waals surface area contributed by atoms with Gasteiger partial charge in [0.05, 0.1) is 6.54 Å². The summed E-state index contributed by atoms with van der Waals surface area (Å²) < 4.78 is 0. The van der Waals surface area contributed by atoms with E-state index in [-0.39, 0.29) is 12.5 Å². The Labute approximate surface area is 126 Å². The van der Waals surface area contributed by atoms with Crippen molar-refractivity contribution in [2.45, 2.75) is 45.6 Å². The summed E-state index contributed by atoms with van der Waals surface area (Å²) in [6.45, 7) is 2.06. The lowest BCUT2D eigenvalue weighted by Gasteiger charge is -2.41. The molecular weight excluding hydrogens is 290 g/mol. The summed E-state index contributed by atoms with van der Waals surface area (Å²) in [7, 11) is 0. The first kappa shape index (κ1) is 14.2. The molecule has 2 fully saturated rings. The number of imide groups is 2. The molecule has 2 heterocycles. The van der Waals surface area contributed by atoms with Crippen LogP contribution in [0.2, 0.25) is 0 Å². The summed E-state index contributed by atoms with van der Waals surface area (Å²) in [5, 5.41) is 3.06. The zero-order chi connectivity index (χ0) is 15.0. The van der Waals surface area contributed by atoms with Crippen LogP contribution in [0, 0.1) is 12.3 Å². The highest BCUT2D eigenvalue weighted by Gasteiger charge is 2.53. The lowest BCUT2D eigenvalue weighted by atomic mass is 9.71. The lowest BCUT2D eigenvalue weighted by molar-refractivity contribution is -0.154. The molecule has 0 unspecified atom stereocenters. The molecule has 1 N–H and O–H groups in total. The monoisotopic (exact) mass is 307 g/mol. The first-order chi connectivity index (χ1) is 10.0. The van der Waals surface area contributed by atoms with Crippen LogP contribution >= 0.6 is 11.3 Å². The summed E-state index contributed by atoms with van der Waals surface area (Å²) in [6.07, 6.45) is 5.49. The average molecular weight is 307 g/mol. The molecule has 7 heteroatoms. The standard InChI is InChI=1S/C14H17N3O3S/c1-9-7-15-10(21-9)8-17-12(19)14(5-3-2-4-6-14)11(18)16-13(17)20/h7H,2-6,8H2,1H3,(H,16,18,20). The first-order valence-corrected chi connectivity index (χ1v) is 7.93. The number of amides is 4. The summed E-state index contributed by atoms with van der Waals surface area (Å²) >= 11 is 1.45. The Balaban J connectivity index is 1.87. The molecule has 0 aromatic carbocycles. The molecule has 1 aromatic rings. The molecule has 1 spiro atoms. The number of thiazole rings is 1. The molecule has 4 amide bonds. The molecule has 1 saturated heterocycles. The second-order valence-corrected chi connectivity index (χ2v) is 6.98. The van der Waals surface area contributed by atoms with Crippen LogP contribution in [0.5, 0.6) is 0 Å². The Hall–Kier alpha value is -1.76. The number of aryl methyl sites for hydroxylation is 1. The fourth-order valence-electron chi connectivity index (χ4n) is 3.08. The van der Waals surface area contributed by atoms with E-state index in [4.69, 9.17) is 0 Å². The van der Waals surface area contributed by atoms with Crippen LogP contribution in [0.1, 0.15) is 42.0 Å². The first-order valence-electron chi connectivity index (χ1n) is 7.12. The minimum absolute atomic E-state index is 0.137. The van der Waals surface area contributed by atoms with Crippen LogP contribution in [-0.2, 0) is 16.1 Å².